The lowest BCUT2D eigenvalue weighted by Crippen LogP contribution is -2.30. The molecule has 0 rings (SSSR count). The molecular formula is C49H82O6. The molecule has 0 aromatic rings. The van der Waals surface area contributed by atoms with Gasteiger partial charge in [0.1, 0.15) is 13.2 Å². The molecule has 0 bridgehead atoms. The third-order valence-electron chi connectivity index (χ3n) is 9.23. The van der Waals surface area contributed by atoms with Crippen LogP contribution in [0.4, 0.5) is 0 Å². The van der Waals surface area contributed by atoms with Gasteiger partial charge in [0.25, 0.3) is 0 Å². The maximum atomic E-state index is 12.7. The van der Waals surface area contributed by atoms with Crippen LogP contribution >= 0.6 is 0 Å². The van der Waals surface area contributed by atoms with Crippen LogP contribution in [0.5, 0.6) is 0 Å². The summed E-state index contributed by atoms with van der Waals surface area (Å²) in [5.41, 5.74) is 0. The van der Waals surface area contributed by atoms with Crippen LogP contribution in [0, 0.1) is 0 Å². The number of hydrogen-bond donors (Lipinski definition) is 0. The van der Waals surface area contributed by atoms with Crippen LogP contribution in [0.3, 0.4) is 0 Å². The monoisotopic (exact) mass is 767 g/mol. The molecule has 0 aromatic heterocycles. The Morgan fingerprint density at radius 1 is 0.400 bits per heavy atom. The summed E-state index contributed by atoms with van der Waals surface area (Å²) in [5.74, 6) is -1.06. The summed E-state index contributed by atoms with van der Waals surface area (Å²) < 4.78 is 16.5. The Hall–Kier alpha value is -3.15. The van der Waals surface area contributed by atoms with Crippen molar-refractivity contribution in [1.82, 2.24) is 0 Å². The van der Waals surface area contributed by atoms with E-state index in [1.54, 1.807) is 6.08 Å². The summed E-state index contributed by atoms with van der Waals surface area (Å²) in [6.45, 7) is 6.36. The molecule has 0 aliphatic rings. The molecule has 0 fully saturated rings. The molecule has 0 N–H and O–H groups in total. The largest absolute Gasteiger partial charge is 0.462 e. The summed E-state index contributed by atoms with van der Waals surface area (Å²) in [6.07, 6.45) is 53.5. The molecule has 55 heavy (non-hydrogen) atoms. The van der Waals surface area contributed by atoms with E-state index in [1.165, 1.54) is 77.0 Å². The Labute approximate surface area is 338 Å². The molecule has 0 radical (unpaired) electrons. The van der Waals surface area contributed by atoms with Gasteiger partial charge in [0.15, 0.2) is 6.10 Å². The van der Waals surface area contributed by atoms with Crippen molar-refractivity contribution >= 4 is 17.9 Å². The smallest absolute Gasteiger partial charge is 0.309 e. The highest BCUT2D eigenvalue weighted by Crippen LogP contribution is 2.12. The van der Waals surface area contributed by atoms with Gasteiger partial charge in [0, 0.05) is 12.8 Å². The van der Waals surface area contributed by atoms with Gasteiger partial charge in [-0.3, -0.25) is 14.4 Å². The number of carbonyl (C=O) groups is 3. The summed E-state index contributed by atoms with van der Waals surface area (Å²) in [7, 11) is 0. The third kappa shape index (κ3) is 41.8. The highest BCUT2D eigenvalue weighted by Gasteiger charge is 2.19. The number of carbonyl (C=O) groups excluding carboxylic acids is 3. The molecule has 1 unspecified atom stereocenters. The van der Waals surface area contributed by atoms with E-state index in [1.807, 2.05) is 6.08 Å². The van der Waals surface area contributed by atoms with E-state index in [4.69, 9.17) is 14.2 Å². The number of ether oxygens (including phenoxy) is 3. The maximum absolute atomic E-state index is 12.7. The first-order valence-corrected chi connectivity index (χ1v) is 22.4. The second kappa shape index (κ2) is 43.6. The zero-order valence-electron chi connectivity index (χ0n) is 35.7. The van der Waals surface area contributed by atoms with E-state index in [0.717, 1.165) is 83.5 Å². The van der Waals surface area contributed by atoms with E-state index in [-0.39, 0.29) is 31.6 Å². The fourth-order valence-electron chi connectivity index (χ4n) is 5.86. The number of hydrogen-bond acceptors (Lipinski definition) is 6. The molecule has 0 amide bonds. The van der Waals surface area contributed by atoms with Crippen molar-refractivity contribution in [3.05, 3.63) is 72.9 Å². The summed E-state index contributed by atoms with van der Waals surface area (Å²) in [6, 6.07) is 0. The molecule has 314 valence electrons. The SMILES string of the molecule is CC/C=C\C/C=C\C/C=C\C/C=C\C/C=C\CC(=O)OCC(COC(=O)CCCCCCCCC)OC(=O)CCCCCCC/C=C\CCCCCCCC. The van der Waals surface area contributed by atoms with Crippen molar-refractivity contribution in [2.75, 3.05) is 13.2 Å². The van der Waals surface area contributed by atoms with Gasteiger partial charge in [-0.2, -0.15) is 0 Å². The van der Waals surface area contributed by atoms with Crippen LogP contribution in [0.15, 0.2) is 72.9 Å². The molecule has 0 spiro atoms. The van der Waals surface area contributed by atoms with Crippen LogP contribution in [0.25, 0.3) is 0 Å². The van der Waals surface area contributed by atoms with Crippen LogP contribution in [0.2, 0.25) is 0 Å². The maximum Gasteiger partial charge on any atom is 0.309 e. The predicted octanol–water partition coefficient (Wildman–Crippen LogP) is 14.3. The fourth-order valence-corrected chi connectivity index (χ4v) is 5.86. The standard InChI is InChI=1S/C49H82O6/c1-4-7-10-13-16-18-20-22-24-26-28-30-33-36-39-42-48(51)54-45-46(44-53-47(50)41-38-35-32-15-12-9-6-3)55-49(52)43-40-37-34-31-29-27-25-23-21-19-17-14-11-8-5-2/h7,10,16,18,22-25,28,30,36,39,46H,4-6,8-9,11-15,17,19-21,26-27,29,31-35,37-38,40-45H2,1-3H3/b10-7-,18-16-,24-22-,25-23-,30-28-,39-36-. The van der Waals surface area contributed by atoms with E-state index >= 15 is 0 Å². The Morgan fingerprint density at radius 2 is 0.782 bits per heavy atom. The minimum absolute atomic E-state index is 0.109. The molecule has 0 heterocycles. The number of allylic oxidation sites excluding steroid dienone is 11. The Bertz CT molecular complexity index is 1070. The molecule has 0 aromatic carbocycles. The van der Waals surface area contributed by atoms with Gasteiger partial charge >= 0.3 is 17.9 Å². The van der Waals surface area contributed by atoms with Crippen LogP contribution < -0.4 is 0 Å². The van der Waals surface area contributed by atoms with Gasteiger partial charge in [-0.25, -0.2) is 0 Å². The van der Waals surface area contributed by atoms with Gasteiger partial charge in [-0.05, 0) is 70.6 Å². The average Bonchev–Trinajstić information content (AvgIpc) is 3.18. The molecule has 0 saturated heterocycles. The highest BCUT2D eigenvalue weighted by atomic mass is 16.6. The van der Waals surface area contributed by atoms with E-state index in [9.17, 15) is 14.4 Å². The van der Waals surface area contributed by atoms with Gasteiger partial charge in [0.05, 0.1) is 6.42 Å². The number of rotatable bonds is 39. The van der Waals surface area contributed by atoms with Crippen molar-refractivity contribution in [2.24, 2.45) is 0 Å². The average molecular weight is 767 g/mol. The topological polar surface area (TPSA) is 78.9 Å². The molecule has 6 heteroatoms. The highest BCUT2D eigenvalue weighted by molar-refractivity contribution is 5.72. The van der Waals surface area contributed by atoms with Crippen LogP contribution in [0.1, 0.15) is 201 Å². The van der Waals surface area contributed by atoms with Gasteiger partial charge in [0.2, 0.25) is 0 Å². The lowest BCUT2D eigenvalue weighted by Gasteiger charge is -2.18. The van der Waals surface area contributed by atoms with Gasteiger partial charge < -0.3 is 14.2 Å². The molecular weight excluding hydrogens is 685 g/mol. The normalized spacial score (nSPS) is 12.7. The lowest BCUT2D eigenvalue weighted by atomic mass is 10.1. The van der Waals surface area contributed by atoms with E-state index in [0.29, 0.717) is 12.8 Å². The van der Waals surface area contributed by atoms with Crippen molar-refractivity contribution in [3.8, 4) is 0 Å². The van der Waals surface area contributed by atoms with E-state index in [2.05, 4.69) is 81.5 Å². The molecule has 0 aliphatic carbocycles. The predicted molar refractivity (Wildman–Crippen MR) is 233 cm³/mol. The summed E-state index contributed by atoms with van der Waals surface area (Å²) in [4.78, 5) is 37.5. The Balaban J connectivity index is 4.47. The minimum atomic E-state index is -0.814. The summed E-state index contributed by atoms with van der Waals surface area (Å²) >= 11 is 0. The lowest BCUT2D eigenvalue weighted by molar-refractivity contribution is -0.166. The third-order valence-corrected chi connectivity index (χ3v) is 9.23. The summed E-state index contributed by atoms with van der Waals surface area (Å²) in [5, 5.41) is 0. The number of unbranched alkanes of at least 4 members (excludes halogenated alkanes) is 17. The van der Waals surface area contributed by atoms with Crippen molar-refractivity contribution in [1.29, 1.82) is 0 Å². The van der Waals surface area contributed by atoms with Crippen LogP contribution in [-0.4, -0.2) is 37.2 Å². The fraction of sp³-hybridized carbons (Fsp3) is 0.694. The molecule has 1 atom stereocenters. The first-order valence-electron chi connectivity index (χ1n) is 22.4. The van der Waals surface area contributed by atoms with E-state index < -0.39 is 12.1 Å². The van der Waals surface area contributed by atoms with Gasteiger partial charge in [-0.15, -0.1) is 0 Å². The Morgan fingerprint density at radius 3 is 1.25 bits per heavy atom. The van der Waals surface area contributed by atoms with Gasteiger partial charge in [-0.1, -0.05) is 184 Å². The molecule has 0 saturated carbocycles. The van der Waals surface area contributed by atoms with Crippen molar-refractivity contribution in [2.45, 2.75) is 207 Å². The zero-order chi connectivity index (χ0) is 40.1. The molecule has 6 nitrogen and oxygen atoms in total. The number of esters is 3. The molecule has 0 aliphatic heterocycles. The van der Waals surface area contributed by atoms with Crippen molar-refractivity contribution in [3.63, 3.8) is 0 Å². The minimum Gasteiger partial charge on any atom is -0.462 e. The van der Waals surface area contributed by atoms with Crippen molar-refractivity contribution < 1.29 is 28.6 Å². The quantitative estimate of drug-likeness (QED) is 0.0268. The second-order valence-electron chi connectivity index (χ2n) is 14.6. The zero-order valence-corrected chi connectivity index (χ0v) is 35.7. The van der Waals surface area contributed by atoms with Crippen LogP contribution in [-0.2, 0) is 28.6 Å². The first kappa shape index (κ1) is 51.9. The first-order chi connectivity index (χ1) is 27.0. The Kier molecular flexibility index (Phi) is 41.1. The second-order valence-corrected chi connectivity index (χ2v) is 14.6.